The van der Waals surface area contributed by atoms with Crippen LogP contribution < -0.4 is 5.32 Å². The van der Waals surface area contributed by atoms with E-state index in [9.17, 15) is 14.7 Å². The molecule has 0 aliphatic carbocycles. The highest BCUT2D eigenvalue weighted by Crippen LogP contribution is 2.11. The summed E-state index contributed by atoms with van der Waals surface area (Å²) in [5.74, 6) is -1.39. The van der Waals surface area contributed by atoms with E-state index in [1.54, 1.807) is 13.0 Å². The van der Waals surface area contributed by atoms with Crippen molar-refractivity contribution in [1.82, 2.24) is 5.32 Å². The molecule has 0 radical (unpaired) electrons. The van der Waals surface area contributed by atoms with E-state index in [-0.39, 0.29) is 12.5 Å². The monoisotopic (exact) mass is 287 g/mol. The minimum Gasteiger partial charge on any atom is -0.481 e. The Kier molecular flexibility index (Phi) is 4.77. The summed E-state index contributed by atoms with van der Waals surface area (Å²) in [6, 6.07) is 10.9. The molecule has 1 heterocycles. The molecule has 0 bridgehead atoms. The van der Waals surface area contributed by atoms with Crippen molar-refractivity contribution in [2.45, 2.75) is 13.3 Å². The quantitative estimate of drug-likeness (QED) is 0.854. The van der Waals surface area contributed by atoms with E-state index >= 15 is 0 Å². The van der Waals surface area contributed by atoms with Gasteiger partial charge in [-0.1, -0.05) is 30.3 Å². The van der Waals surface area contributed by atoms with Crippen LogP contribution in [0.25, 0.3) is 0 Å². The van der Waals surface area contributed by atoms with Crippen molar-refractivity contribution in [3.05, 3.63) is 59.5 Å². The number of carbonyl (C=O) groups is 2. The highest BCUT2D eigenvalue weighted by molar-refractivity contribution is 5.95. The van der Waals surface area contributed by atoms with Crippen LogP contribution in [0.3, 0.4) is 0 Å². The number of amides is 1. The number of benzene rings is 1. The first-order valence-corrected chi connectivity index (χ1v) is 6.67. The zero-order chi connectivity index (χ0) is 15.2. The number of hydrogen-bond donors (Lipinski definition) is 2. The topological polar surface area (TPSA) is 79.5 Å². The fourth-order valence-electron chi connectivity index (χ4n) is 2.08. The SMILES string of the molecule is Cc1occc1C(=O)NCC(Cc1ccccc1)C(=O)O. The Morgan fingerprint density at radius 3 is 2.52 bits per heavy atom. The van der Waals surface area contributed by atoms with Crippen molar-refractivity contribution in [3.63, 3.8) is 0 Å². The van der Waals surface area contributed by atoms with E-state index < -0.39 is 11.9 Å². The minimum absolute atomic E-state index is 0.0771. The lowest BCUT2D eigenvalue weighted by molar-refractivity contribution is -0.141. The van der Waals surface area contributed by atoms with Crippen molar-refractivity contribution in [2.24, 2.45) is 5.92 Å². The predicted octanol–water partition coefficient (Wildman–Crippen LogP) is 2.26. The largest absolute Gasteiger partial charge is 0.481 e. The Hall–Kier alpha value is -2.56. The maximum atomic E-state index is 11.9. The highest BCUT2D eigenvalue weighted by atomic mass is 16.4. The second kappa shape index (κ2) is 6.74. The highest BCUT2D eigenvalue weighted by Gasteiger charge is 2.20. The molecule has 0 fully saturated rings. The van der Waals surface area contributed by atoms with Crippen molar-refractivity contribution in [1.29, 1.82) is 0 Å². The van der Waals surface area contributed by atoms with E-state index in [0.29, 0.717) is 17.7 Å². The van der Waals surface area contributed by atoms with Crippen LogP contribution in [0.4, 0.5) is 0 Å². The van der Waals surface area contributed by atoms with Gasteiger partial charge in [0.1, 0.15) is 5.76 Å². The van der Waals surface area contributed by atoms with Gasteiger partial charge in [0.2, 0.25) is 0 Å². The van der Waals surface area contributed by atoms with Crippen molar-refractivity contribution >= 4 is 11.9 Å². The summed E-state index contributed by atoms with van der Waals surface area (Å²) >= 11 is 0. The van der Waals surface area contributed by atoms with Gasteiger partial charge in [-0.3, -0.25) is 9.59 Å². The summed E-state index contributed by atoms with van der Waals surface area (Å²) in [5, 5.41) is 11.9. The summed E-state index contributed by atoms with van der Waals surface area (Å²) in [4.78, 5) is 23.2. The molecule has 5 heteroatoms. The third-order valence-electron chi connectivity index (χ3n) is 3.29. The van der Waals surface area contributed by atoms with Crippen LogP contribution in [-0.2, 0) is 11.2 Å². The van der Waals surface area contributed by atoms with Crippen LogP contribution in [0.15, 0.2) is 47.1 Å². The maximum Gasteiger partial charge on any atom is 0.308 e. The van der Waals surface area contributed by atoms with Gasteiger partial charge < -0.3 is 14.8 Å². The van der Waals surface area contributed by atoms with Gasteiger partial charge in [0.05, 0.1) is 17.7 Å². The molecular formula is C16H17NO4. The zero-order valence-electron chi connectivity index (χ0n) is 11.7. The van der Waals surface area contributed by atoms with Gasteiger partial charge in [-0.25, -0.2) is 0 Å². The molecule has 0 aliphatic rings. The summed E-state index contributed by atoms with van der Waals surface area (Å²) in [6.07, 6.45) is 1.81. The van der Waals surface area contributed by atoms with Gasteiger partial charge in [-0.05, 0) is 25.0 Å². The number of nitrogens with one attached hydrogen (secondary N) is 1. The van der Waals surface area contributed by atoms with E-state index in [0.717, 1.165) is 5.56 Å². The third kappa shape index (κ3) is 3.95. The molecule has 110 valence electrons. The average molecular weight is 287 g/mol. The average Bonchev–Trinajstić information content (AvgIpc) is 2.90. The molecule has 1 atom stereocenters. The van der Waals surface area contributed by atoms with Gasteiger partial charge in [-0.15, -0.1) is 0 Å². The second-order valence-electron chi connectivity index (χ2n) is 4.83. The van der Waals surface area contributed by atoms with E-state index in [4.69, 9.17) is 4.42 Å². The fraction of sp³-hybridized carbons (Fsp3) is 0.250. The first-order valence-electron chi connectivity index (χ1n) is 6.67. The molecule has 21 heavy (non-hydrogen) atoms. The summed E-state index contributed by atoms with van der Waals surface area (Å²) in [5.41, 5.74) is 1.36. The summed E-state index contributed by atoms with van der Waals surface area (Å²) in [7, 11) is 0. The summed E-state index contributed by atoms with van der Waals surface area (Å²) in [6.45, 7) is 1.77. The van der Waals surface area contributed by atoms with Crippen molar-refractivity contribution < 1.29 is 19.1 Å². The molecule has 1 aromatic heterocycles. The van der Waals surface area contributed by atoms with Crippen LogP contribution in [0.2, 0.25) is 0 Å². The first-order chi connectivity index (χ1) is 10.1. The first kappa shape index (κ1) is 14.8. The minimum atomic E-state index is -0.928. The van der Waals surface area contributed by atoms with Gasteiger partial charge in [0.15, 0.2) is 0 Å². The fourth-order valence-corrected chi connectivity index (χ4v) is 2.08. The van der Waals surface area contributed by atoms with Crippen molar-refractivity contribution in [3.8, 4) is 0 Å². The lowest BCUT2D eigenvalue weighted by Gasteiger charge is -2.13. The molecular weight excluding hydrogens is 270 g/mol. The molecule has 0 saturated carbocycles. The Morgan fingerprint density at radius 2 is 1.95 bits per heavy atom. The number of hydrogen-bond acceptors (Lipinski definition) is 3. The number of carbonyl (C=O) groups excluding carboxylic acids is 1. The number of aryl methyl sites for hydroxylation is 1. The van der Waals surface area contributed by atoms with Gasteiger partial charge in [0, 0.05) is 6.54 Å². The van der Waals surface area contributed by atoms with Crippen LogP contribution in [0.5, 0.6) is 0 Å². The molecule has 1 amide bonds. The lowest BCUT2D eigenvalue weighted by atomic mass is 9.99. The molecule has 0 aliphatic heterocycles. The number of furan rings is 1. The Bertz CT molecular complexity index is 618. The summed E-state index contributed by atoms with van der Waals surface area (Å²) < 4.78 is 5.06. The second-order valence-corrected chi connectivity index (χ2v) is 4.83. The smallest absolute Gasteiger partial charge is 0.308 e. The Morgan fingerprint density at radius 1 is 1.24 bits per heavy atom. The van der Waals surface area contributed by atoms with Gasteiger partial charge in [0.25, 0.3) is 5.91 Å². The van der Waals surface area contributed by atoms with Crippen LogP contribution >= 0.6 is 0 Å². The number of rotatable bonds is 6. The third-order valence-corrected chi connectivity index (χ3v) is 3.29. The Balaban J connectivity index is 1.96. The zero-order valence-corrected chi connectivity index (χ0v) is 11.7. The van der Waals surface area contributed by atoms with E-state index in [1.807, 2.05) is 30.3 Å². The van der Waals surface area contributed by atoms with E-state index in [1.165, 1.54) is 6.26 Å². The van der Waals surface area contributed by atoms with Crippen molar-refractivity contribution in [2.75, 3.05) is 6.54 Å². The molecule has 5 nitrogen and oxygen atoms in total. The number of carboxylic acids is 1. The van der Waals surface area contributed by atoms with Gasteiger partial charge >= 0.3 is 5.97 Å². The maximum absolute atomic E-state index is 11.9. The van der Waals surface area contributed by atoms with Crippen LogP contribution in [0, 0.1) is 12.8 Å². The molecule has 2 N–H and O–H groups in total. The lowest BCUT2D eigenvalue weighted by Crippen LogP contribution is -2.34. The van der Waals surface area contributed by atoms with Crippen LogP contribution in [0.1, 0.15) is 21.7 Å². The standard InChI is InChI=1S/C16H17NO4/c1-11-14(7-8-21-11)15(18)17-10-13(16(19)20)9-12-5-3-2-4-6-12/h2-8,13H,9-10H2,1H3,(H,17,18)(H,19,20). The van der Waals surface area contributed by atoms with Gasteiger partial charge in [-0.2, -0.15) is 0 Å². The normalized spacial score (nSPS) is 11.9. The molecule has 1 aromatic carbocycles. The molecule has 2 aromatic rings. The molecule has 0 saturated heterocycles. The number of carboxylic acid groups (broad SMARTS) is 1. The molecule has 2 rings (SSSR count). The molecule has 0 spiro atoms. The van der Waals surface area contributed by atoms with E-state index in [2.05, 4.69) is 5.32 Å². The Labute approximate surface area is 122 Å². The number of aliphatic carboxylic acids is 1. The van der Waals surface area contributed by atoms with Crippen LogP contribution in [-0.4, -0.2) is 23.5 Å². The predicted molar refractivity (Wildman–Crippen MR) is 77.1 cm³/mol. The molecule has 1 unspecified atom stereocenters.